The van der Waals surface area contributed by atoms with E-state index in [2.05, 4.69) is 79.7 Å². The van der Waals surface area contributed by atoms with Crippen LogP contribution in [0.5, 0.6) is 11.5 Å². The molecular weight excluding hydrogens is 393 g/mol. The van der Waals surface area contributed by atoms with Gasteiger partial charge in [0.25, 0.3) is 0 Å². The molecule has 0 fully saturated rings. The van der Waals surface area contributed by atoms with Crippen LogP contribution < -0.4 is 7.53 Å². The molecule has 144 valence electrons. The Balaban J connectivity index is 2.03. The Kier molecular flexibility index (Phi) is 5.49. The Bertz CT molecular complexity index is 802. The van der Waals surface area contributed by atoms with Crippen molar-refractivity contribution in [1.82, 2.24) is 0 Å². The topological polar surface area (TPSA) is 18.5 Å². The Morgan fingerprint density at radius 2 is 0.852 bits per heavy atom. The van der Waals surface area contributed by atoms with E-state index < -0.39 is 13.9 Å². The van der Waals surface area contributed by atoms with Crippen LogP contribution in [0.4, 0.5) is 0 Å². The van der Waals surface area contributed by atoms with E-state index in [0.29, 0.717) is 0 Å². The van der Waals surface area contributed by atoms with Crippen LogP contribution in [0.25, 0.3) is 0 Å². The van der Waals surface area contributed by atoms with Gasteiger partial charge in [-0.15, -0.1) is 0 Å². The first kappa shape index (κ1) is 20.1. The molecule has 3 rings (SSSR count). The summed E-state index contributed by atoms with van der Waals surface area (Å²) in [6, 6.07) is 8.84. The van der Waals surface area contributed by atoms with E-state index in [1.165, 1.54) is 44.5 Å². The maximum absolute atomic E-state index is 6.89. The molecule has 0 aromatic heterocycles. The Morgan fingerprint density at radius 3 is 1.15 bits per heavy atom. The van der Waals surface area contributed by atoms with Crippen LogP contribution >= 0.6 is 0 Å². The molecule has 0 amide bonds. The standard InChI is InChI=1S/C24H32GeO2/c1-15-9-17(3)23(18(4)10-15)26-25(13-21(7)22(8)14-25)27-24-19(5)11-16(2)12-20(24)6/h9-12H,13-14H2,1-8H3. The molecule has 3 heteroatoms. The van der Waals surface area contributed by atoms with Crippen molar-refractivity contribution < 1.29 is 7.53 Å². The molecule has 0 radical (unpaired) electrons. The molecule has 1 heterocycles. The first-order valence-electron chi connectivity index (χ1n) is 9.79. The van der Waals surface area contributed by atoms with E-state index in [0.717, 1.165) is 22.0 Å². The third-order valence-electron chi connectivity index (χ3n) is 5.58. The molecule has 1 aliphatic rings. The fraction of sp³-hybridized carbons (Fsp3) is 0.417. The predicted octanol–water partition coefficient (Wildman–Crippen LogP) is 6.79. The van der Waals surface area contributed by atoms with Crippen molar-refractivity contribution in [3.05, 3.63) is 68.8 Å². The van der Waals surface area contributed by atoms with Crippen LogP contribution in [0, 0.1) is 41.5 Å². The third-order valence-corrected chi connectivity index (χ3v) is 12.5. The van der Waals surface area contributed by atoms with Gasteiger partial charge >= 0.3 is 168 Å². The number of rotatable bonds is 4. The number of allylic oxidation sites excluding steroid dienone is 2. The fourth-order valence-electron chi connectivity index (χ4n) is 4.36. The van der Waals surface area contributed by atoms with Crippen molar-refractivity contribution >= 4 is 13.9 Å². The van der Waals surface area contributed by atoms with Gasteiger partial charge < -0.3 is 0 Å². The van der Waals surface area contributed by atoms with Crippen LogP contribution in [0.1, 0.15) is 47.2 Å². The van der Waals surface area contributed by atoms with E-state index in [9.17, 15) is 0 Å². The zero-order chi connectivity index (χ0) is 19.9. The zero-order valence-corrected chi connectivity index (χ0v) is 20.1. The van der Waals surface area contributed by atoms with Gasteiger partial charge in [-0.2, -0.15) is 0 Å². The molecule has 27 heavy (non-hydrogen) atoms. The van der Waals surface area contributed by atoms with E-state index in [1.807, 2.05) is 0 Å². The molecule has 0 atom stereocenters. The normalized spacial score (nSPS) is 16.0. The van der Waals surface area contributed by atoms with Gasteiger partial charge in [0.2, 0.25) is 0 Å². The van der Waals surface area contributed by atoms with Crippen molar-refractivity contribution in [1.29, 1.82) is 0 Å². The molecule has 0 N–H and O–H groups in total. The maximum atomic E-state index is 6.89. The zero-order valence-electron chi connectivity index (χ0n) is 18.0. The van der Waals surface area contributed by atoms with Gasteiger partial charge in [-0.25, -0.2) is 0 Å². The monoisotopic (exact) mass is 426 g/mol. The second kappa shape index (κ2) is 7.39. The second-order valence-corrected chi connectivity index (χ2v) is 14.6. The Morgan fingerprint density at radius 1 is 0.556 bits per heavy atom. The second-order valence-electron chi connectivity index (χ2n) is 8.48. The summed E-state index contributed by atoms with van der Waals surface area (Å²) in [5.74, 6) is 2.07. The first-order valence-corrected chi connectivity index (χ1v) is 14.5. The average Bonchev–Trinajstić information content (AvgIpc) is 2.81. The van der Waals surface area contributed by atoms with E-state index >= 15 is 0 Å². The minimum absolute atomic E-state index is 0.978. The summed E-state index contributed by atoms with van der Waals surface area (Å²) in [6.45, 7) is 17.3. The van der Waals surface area contributed by atoms with Crippen molar-refractivity contribution in [2.45, 2.75) is 65.9 Å². The Labute approximate surface area is 167 Å². The van der Waals surface area contributed by atoms with Gasteiger partial charge in [0.15, 0.2) is 0 Å². The number of hydrogen-bond acceptors (Lipinski definition) is 2. The summed E-state index contributed by atoms with van der Waals surface area (Å²) >= 11 is -3.10. The summed E-state index contributed by atoms with van der Waals surface area (Å²) in [4.78, 5) is 0. The van der Waals surface area contributed by atoms with Crippen molar-refractivity contribution in [2.75, 3.05) is 0 Å². The molecule has 0 saturated heterocycles. The average molecular weight is 425 g/mol. The van der Waals surface area contributed by atoms with Crippen LogP contribution in [0.2, 0.25) is 10.5 Å². The van der Waals surface area contributed by atoms with E-state index in [4.69, 9.17) is 7.53 Å². The SMILES string of the molecule is CC1=C(C)[CH2][Ge]([O]c2c(C)cc(C)cc2C)([O]c2c(C)cc(C)cc2C)[CH2]1. The van der Waals surface area contributed by atoms with Crippen LogP contribution in [0.3, 0.4) is 0 Å². The van der Waals surface area contributed by atoms with Crippen LogP contribution in [-0.4, -0.2) is 13.9 Å². The van der Waals surface area contributed by atoms with Gasteiger partial charge in [0.05, 0.1) is 0 Å². The summed E-state index contributed by atoms with van der Waals surface area (Å²) in [6.07, 6.45) is 0. The fourth-order valence-corrected chi connectivity index (χ4v) is 12.9. The van der Waals surface area contributed by atoms with E-state index in [-0.39, 0.29) is 0 Å². The summed E-state index contributed by atoms with van der Waals surface area (Å²) in [5, 5.41) is 1.96. The number of benzene rings is 2. The molecule has 2 aromatic carbocycles. The summed E-state index contributed by atoms with van der Waals surface area (Å²) in [5.41, 5.74) is 10.3. The summed E-state index contributed by atoms with van der Waals surface area (Å²) in [7, 11) is 0. The summed E-state index contributed by atoms with van der Waals surface area (Å²) < 4.78 is 13.8. The molecule has 0 aliphatic carbocycles. The van der Waals surface area contributed by atoms with Crippen LogP contribution in [0.15, 0.2) is 35.4 Å². The minimum atomic E-state index is -3.10. The van der Waals surface area contributed by atoms with Gasteiger partial charge in [-0.05, 0) is 0 Å². The van der Waals surface area contributed by atoms with Gasteiger partial charge in [-0.1, -0.05) is 0 Å². The predicted molar refractivity (Wildman–Crippen MR) is 116 cm³/mol. The van der Waals surface area contributed by atoms with Crippen LogP contribution in [-0.2, 0) is 0 Å². The molecule has 0 saturated carbocycles. The van der Waals surface area contributed by atoms with E-state index in [1.54, 1.807) is 0 Å². The molecular formula is C24H32GeO2. The molecule has 2 nitrogen and oxygen atoms in total. The van der Waals surface area contributed by atoms with Gasteiger partial charge in [-0.3, -0.25) is 0 Å². The third kappa shape index (κ3) is 4.11. The molecule has 2 aromatic rings. The van der Waals surface area contributed by atoms with Crippen molar-refractivity contribution in [2.24, 2.45) is 0 Å². The molecule has 1 aliphatic heterocycles. The molecule has 0 bridgehead atoms. The van der Waals surface area contributed by atoms with Crippen molar-refractivity contribution in [3.63, 3.8) is 0 Å². The number of hydrogen-bond donors (Lipinski definition) is 0. The molecule has 0 unspecified atom stereocenters. The first-order chi connectivity index (χ1) is 12.6. The molecule has 0 spiro atoms. The quantitative estimate of drug-likeness (QED) is 0.397. The van der Waals surface area contributed by atoms with Gasteiger partial charge in [0, 0.05) is 0 Å². The van der Waals surface area contributed by atoms with Gasteiger partial charge in [0.1, 0.15) is 0 Å². The van der Waals surface area contributed by atoms with Crippen molar-refractivity contribution in [3.8, 4) is 11.5 Å². The Hall–Kier alpha value is -1.68. The number of aryl methyl sites for hydroxylation is 6.